The number of carbonyl (C=O) groups excluding carboxylic acids is 1. The van der Waals surface area contributed by atoms with Crippen molar-refractivity contribution in [1.29, 1.82) is 0 Å². The van der Waals surface area contributed by atoms with Gasteiger partial charge in [-0.2, -0.15) is 0 Å². The first kappa shape index (κ1) is 13.7. The van der Waals surface area contributed by atoms with Crippen molar-refractivity contribution < 1.29 is 4.79 Å². The van der Waals surface area contributed by atoms with Crippen molar-refractivity contribution in [2.45, 2.75) is 45.1 Å². The van der Waals surface area contributed by atoms with Gasteiger partial charge in [-0.25, -0.2) is 0 Å². The number of hydrogen-bond acceptors (Lipinski definition) is 3. The Morgan fingerprint density at radius 1 is 1.44 bits per heavy atom. The number of amides is 1. The van der Waals surface area contributed by atoms with Crippen molar-refractivity contribution in [1.82, 2.24) is 10.2 Å². The molecule has 1 aliphatic carbocycles. The van der Waals surface area contributed by atoms with Gasteiger partial charge in [0.25, 0.3) is 0 Å². The molecule has 5 heteroatoms. The van der Waals surface area contributed by atoms with Crippen LogP contribution in [0, 0.1) is 5.41 Å². The summed E-state index contributed by atoms with van der Waals surface area (Å²) in [5, 5.41) is 3.02. The highest BCUT2D eigenvalue weighted by atomic mass is 32.1. The van der Waals surface area contributed by atoms with Gasteiger partial charge in [0.1, 0.15) is 0 Å². The van der Waals surface area contributed by atoms with Crippen molar-refractivity contribution in [3.63, 3.8) is 0 Å². The molecule has 2 fully saturated rings. The Kier molecular flexibility index (Phi) is 4.22. The zero-order valence-electron chi connectivity index (χ0n) is 11.1. The second-order valence-electron chi connectivity index (χ2n) is 5.86. The molecule has 0 unspecified atom stereocenters. The summed E-state index contributed by atoms with van der Waals surface area (Å²) >= 11 is 5.12. The molecule has 4 nitrogen and oxygen atoms in total. The molecule has 1 heterocycles. The summed E-state index contributed by atoms with van der Waals surface area (Å²) in [4.78, 5) is 14.6. The second kappa shape index (κ2) is 5.53. The van der Waals surface area contributed by atoms with E-state index in [9.17, 15) is 4.79 Å². The van der Waals surface area contributed by atoms with Crippen LogP contribution in [-0.4, -0.2) is 41.5 Å². The van der Waals surface area contributed by atoms with Gasteiger partial charge >= 0.3 is 0 Å². The lowest BCUT2D eigenvalue weighted by Gasteiger charge is -2.38. The van der Waals surface area contributed by atoms with Crippen molar-refractivity contribution in [2.24, 2.45) is 11.1 Å². The predicted octanol–water partition coefficient (Wildman–Crippen LogP) is 1.04. The molecule has 102 valence electrons. The van der Waals surface area contributed by atoms with E-state index in [2.05, 4.69) is 17.1 Å². The minimum atomic E-state index is 0.0160. The van der Waals surface area contributed by atoms with Crippen LogP contribution in [0.15, 0.2) is 0 Å². The molecule has 0 aromatic carbocycles. The molecule has 1 saturated carbocycles. The molecule has 2 aliphatic rings. The maximum absolute atomic E-state index is 11.6. The zero-order chi connectivity index (χ0) is 13.2. The molecule has 2 rings (SSSR count). The Labute approximate surface area is 114 Å². The van der Waals surface area contributed by atoms with Gasteiger partial charge in [-0.3, -0.25) is 4.79 Å². The molecule has 0 aromatic heterocycles. The van der Waals surface area contributed by atoms with Crippen LogP contribution < -0.4 is 11.1 Å². The molecule has 0 atom stereocenters. The largest absolute Gasteiger partial charge is 0.393 e. The van der Waals surface area contributed by atoms with E-state index >= 15 is 0 Å². The topological polar surface area (TPSA) is 58.4 Å². The van der Waals surface area contributed by atoms with E-state index in [1.165, 1.54) is 0 Å². The lowest BCUT2D eigenvalue weighted by atomic mass is 9.80. The Bertz CT molecular complexity index is 333. The fourth-order valence-corrected chi connectivity index (χ4v) is 2.51. The van der Waals surface area contributed by atoms with Gasteiger partial charge in [0, 0.05) is 24.4 Å². The molecule has 0 radical (unpaired) electrons. The van der Waals surface area contributed by atoms with E-state index in [0.717, 1.165) is 45.3 Å². The second-order valence-corrected chi connectivity index (χ2v) is 6.30. The standard InChI is InChI=1S/C13H23N3OS/c1-13(12(14)18)5-8-16(9-6-13)7-4-11(17)15-10-2-3-10/h10H,2-9H2,1H3,(H2,14,18)(H,15,17). The Morgan fingerprint density at radius 2 is 2.06 bits per heavy atom. The Hall–Kier alpha value is -0.680. The summed E-state index contributed by atoms with van der Waals surface area (Å²) in [6.07, 6.45) is 4.93. The molecule has 0 bridgehead atoms. The zero-order valence-corrected chi connectivity index (χ0v) is 11.9. The lowest BCUT2D eigenvalue weighted by molar-refractivity contribution is -0.121. The van der Waals surface area contributed by atoms with Gasteiger partial charge in [-0.15, -0.1) is 0 Å². The monoisotopic (exact) mass is 269 g/mol. The quantitative estimate of drug-likeness (QED) is 0.732. The summed E-state index contributed by atoms with van der Waals surface area (Å²) < 4.78 is 0. The highest BCUT2D eigenvalue weighted by Gasteiger charge is 2.32. The van der Waals surface area contributed by atoms with Crippen molar-refractivity contribution in [3.05, 3.63) is 0 Å². The first-order chi connectivity index (χ1) is 8.49. The maximum atomic E-state index is 11.6. The van der Waals surface area contributed by atoms with Crippen LogP contribution in [0.25, 0.3) is 0 Å². The number of nitrogens with one attached hydrogen (secondary N) is 1. The predicted molar refractivity (Wildman–Crippen MR) is 76.3 cm³/mol. The maximum Gasteiger partial charge on any atom is 0.221 e. The van der Waals surface area contributed by atoms with Crippen molar-refractivity contribution in [3.8, 4) is 0 Å². The van der Waals surface area contributed by atoms with Crippen LogP contribution in [0.1, 0.15) is 39.0 Å². The molecule has 18 heavy (non-hydrogen) atoms. The fourth-order valence-electron chi connectivity index (χ4n) is 2.30. The van der Waals surface area contributed by atoms with Gasteiger partial charge in [0.15, 0.2) is 0 Å². The summed E-state index contributed by atoms with van der Waals surface area (Å²) in [6.45, 7) is 4.98. The van der Waals surface area contributed by atoms with E-state index in [1.807, 2.05) is 0 Å². The van der Waals surface area contributed by atoms with Crippen molar-refractivity contribution in [2.75, 3.05) is 19.6 Å². The summed E-state index contributed by atoms with van der Waals surface area (Å²) in [5.41, 5.74) is 5.80. The third-order valence-corrected chi connectivity index (χ3v) is 4.64. The van der Waals surface area contributed by atoms with Gasteiger partial charge in [-0.05, 0) is 38.8 Å². The summed E-state index contributed by atoms with van der Waals surface area (Å²) in [6, 6.07) is 0.469. The Morgan fingerprint density at radius 3 is 2.56 bits per heavy atom. The molecule has 0 aromatic rings. The third-order valence-electron chi connectivity index (χ3n) is 4.15. The highest BCUT2D eigenvalue weighted by molar-refractivity contribution is 7.80. The third kappa shape index (κ3) is 3.65. The minimum absolute atomic E-state index is 0.0160. The van der Waals surface area contributed by atoms with Crippen molar-refractivity contribution >= 4 is 23.1 Å². The summed E-state index contributed by atoms with van der Waals surface area (Å²) in [5.74, 6) is 0.195. The number of thiocarbonyl (C=S) groups is 1. The molecule has 1 saturated heterocycles. The molecular weight excluding hydrogens is 246 g/mol. The average Bonchev–Trinajstić information content (AvgIpc) is 3.12. The average molecular weight is 269 g/mol. The number of likely N-dealkylation sites (tertiary alicyclic amines) is 1. The molecule has 1 amide bonds. The SMILES string of the molecule is CC1(C(N)=S)CCN(CCC(=O)NC2CC2)CC1. The number of carbonyl (C=O) groups is 1. The molecule has 1 aliphatic heterocycles. The first-order valence-corrected chi connectivity index (χ1v) is 7.22. The molecular formula is C13H23N3OS. The lowest BCUT2D eigenvalue weighted by Crippen LogP contribution is -2.45. The van der Waals surface area contributed by atoms with E-state index in [4.69, 9.17) is 18.0 Å². The van der Waals surface area contributed by atoms with Crippen LogP contribution >= 0.6 is 12.2 Å². The van der Waals surface area contributed by atoms with Gasteiger partial charge in [-0.1, -0.05) is 19.1 Å². The minimum Gasteiger partial charge on any atom is -0.393 e. The van der Waals surface area contributed by atoms with Gasteiger partial charge < -0.3 is 16.0 Å². The smallest absolute Gasteiger partial charge is 0.221 e. The van der Waals surface area contributed by atoms with Crippen LogP contribution in [-0.2, 0) is 4.79 Å². The normalized spacial score (nSPS) is 23.6. The van der Waals surface area contributed by atoms with Crippen LogP contribution in [0.5, 0.6) is 0 Å². The van der Waals surface area contributed by atoms with E-state index in [-0.39, 0.29) is 11.3 Å². The van der Waals surface area contributed by atoms with Gasteiger partial charge in [0.2, 0.25) is 5.91 Å². The van der Waals surface area contributed by atoms with E-state index in [0.29, 0.717) is 17.5 Å². The number of rotatable bonds is 5. The Balaban J connectivity index is 1.66. The molecule has 3 N–H and O–H groups in total. The first-order valence-electron chi connectivity index (χ1n) is 6.81. The van der Waals surface area contributed by atoms with Gasteiger partial charge in [0.05, 0.1) is 4.99 Å². The number of hydrogen-bond donors (Lipinski definition) is 2. The number of nitrogens with two attached hydrogens (primary N) is 1. The van der Waals surface area contributed by atoms with Crippen LogP contribution in [0.3, 0.4) is 0 Å². The molecule has 0 spiro atoms. The number of nitrogens with zero attached hydrogens (tertiary/aromatic N) is 1. The fraction of sp³-hybridized carbons (Fsp3) is 0.846. The number of piperidine rings is 1. The van der Waals surface area contributed by atoms with Crippen LogP contribution in [0.4, 0.5) is 0 Å². The van der Waals surface area contributed by atoms with E-state index in [1.54, 1.807) is 0 Å². The van der Waals surface area contributed by atoms with E-state index < -0.39 is 0 Å². The highest BCUT2D eigenvalue weighted by Crippen LogP contribution is 2.31. The van der Waals surface area contributed by atoms with Crippen LogP contribution in [0.2, 0.25) is 0 Å². The summed E-state index contributed by atoms with van der Waals surface area (Å²) in [7, 11) is 0.